The van der Waals surface area contributed by atoms with Crippen molar-refractivity contribution in [1.29, 1.82) is 0 Å². The number of alkyl halides is 1. The van der Waals surface area contributed by atoms with Crippen LogP contribution in [-0.2, 0) is 9.84 Å². The van der Waals surface area contributed by atoms with Crippen LogP contribution in [0.25, 0.3) is 0 Å². The Hall–Kier alpha value is 0.240. The van der Waals surface area contributed by atoms with E-state index in [4.69, 9.17) is 11.6 Å². The molecule has 2 atom stereocenters. The minimum absolute atomic E-state index is 0.265. The Kier molecular flexibility index (Phi) is 2.25. The molecule has 0 radical (unpaired) electrons. The first-order valence-corrected chi connectivity index (χ1v) is 5.53. The zero-order valence-corrected chi connectivity index (χ0v) is 7.45. The Morgan fingerprint density at radius 2 is 2.00 bits per heavy atom. The predicted octanol–water partition coefficient (Wildman–Crippen LogP) is 1.40. The maximum absolute atomic E-state index is 11.1. The van der Waals surface area contributed by atoms with Crippen LogP contribution in [0.5, 0.6) is 0 Å². The number of hydrogen-bond donors (Lipinski definition) is 0. The number of hydrogen-bond acceptors (Lipinski definition) is 2. The molecule has 0 N–H and O–H groups in total. The summed E-state index contributed by atoms with van der Waals surface area (Å²) in [7, 11) is -2.95. The van der Waals surface area contributed by atoms with Crippen molar-refractivity contribution in [3.8, 4) is 0 Å². The van der Waals surface area contributed by atoms with Crippen molar-refractivity contribution in [3.05, 3.63) is 0 Å². The van der Waals surface area contributed by atoms with Gasteiger partial charge in [0.25, 0.3) is 0 Å². The summed E-state index contributed by atoms with van der Waals surface area (Å²) < 4.78 is 21.5. The summed E-state index contributed by atoms with van der Waals surface area (Å²) in [5.74, 6) is 0.557. The quantitative estimate of drug-likeness (QED) is 0.531. The first-order chi connectivity index (χ1) is 4.52. The van der Waals surface area contributed by atoms with Gasteiger partial charge in [0.2, 0.25) is 0 Å². The van der Waals surface area contributed by atoms with E-state index < -0.39 is 14.5 Å². The fraction of sp³-hybridized carbons (Fsp3) is 1.00. The summed E-state index contributed by atoms with van der Waals surface area (Å²) in [6, 6.07) is 0. The Balaban J connectivity index is 2.74. The highest BCUT2D eigenvalue weighted by Gasteiger charge is 2.30. The summed E-state index contributed by atoms with van der Waals surface area (Å²) in [5.41, 5.74) is 0. The van der Waals surface area contributed by atoms with E-state index in [1.54, 1.807) is 0 Å². The molecule has 2 nitrogen and oxygen atoms in total. The average Bonchev–Trinajstić information content (AvgIpc) is 1.78. The fourth-order valence-corrected chi connectivity index (χ4v) is 3.19. The van der Waals surface area contributed by atoms with Crippen LogP contribution in [-0.4, -0.2) is 18.9 Å². The van der Waals surface area contributed by atoms with Crippen molar-refractivity contribution in [1.82, 2.24) is 0 Å². The van der Waals surface area contributed by atoms with Gasteiger partial charge in [-0.2, -0.15) is 0 Å². The molecule has 1 fully saturated rings. The Labute approximate surface area is 66.5 Å². The van der Waals surface area contributed by atoms with Crippen molar-refractivity contribution in [3.63, 3.8) is 0 Å². The molecule has 1 unspecified atom stereocenters. The normalized spacial score (nSPS) is 39.4. The lowest BCUT2D eigenvalue weighted by Gasteiger charge is -2.21. The van der Waals surface area contributed by atoms with Gasteiger partial charge in [0.15, 0.2) is 9.84 Å². The molecular formula is C6H11ClO2S. The van der Waals surface area contributed by atoms with Crippen molar-refractivity contribution >= 4 is 21.4 Å². The molecule has 0 aliphatic carbocycles. The third kappa shape index (κ3) is 1.64. The van der Waals surface area contributed by atoms with Gasteiger partial charge in [0, 0.05) is 0 Å². The minimum atomic E-state index is -2.95. The summed E-state index contributed by atoms with van der Waals surface area (Å²) in [5, 5.41) is 0. The average molecular weight is 183 g/mol. The van der Waals surface area contributed by atoms with E-state index in [2.05, 4.69) is 0 Å². The van der Waals surface area contributed by atoms with Gasteiger partial charge < -0.3 is 0 Å². The van der Waals surface area contributed by atoms with Gasteiger partial charge >= 0.3 is 0 Å². The van der Waals surface area contributed by atoms with E-state index in [0.29, 0.717) is 12.3 Å². The van der Waals surface area contributed by atoms with Crippen LogP contribution < -0.4 is 0 Å². The third-order valence-electron chi connectivity index (χ3n) is 1.79. The lowest BCUT2D eigenvalue weighted by molar-refractivity contribution is 0.506. The maximum Gasteiger partial charge on any atom is 0.167 e. The maximum atomic E-state index is 11.1. The summed E-state index contributed by atoms with van der Waals surface area (Å²) in [6.07, 6.45) is 1.55. The van der Waals surface area contributed by atoms with Gasteiger partial charge in [0.1, 0.15) is 4.71 Å². The molecule has 0 spiro atoms. The van der Waals surface area contributed by atoms with Crippen LogP contribution in [0, 0.1) is 5.92 Å². The summed E-state index contributed by atoms with van der Waals surface area (Å²) >= 11 is 5.59. The lowest BCUT2D eigenvalue weighted by atomic mass is 10.1. The van der Waals surface area contributed by atoms with Crippen LogP contribution in [0.4, 0.5) is 0 Å². The van der Waals surface area contributed by atoms with E-state index >= 15 is 0 Å². The van der Waals surface area contributed by atoms with Gasteiger partial charge in [0.05, 0.1) is 5.75 Å². The number of rotatable bonds is 0. The van der Waals surface area contributed by atoms with Crippen LogP contribution in [0.3, 0.4) is 0 Å². The Bertz CT molecular complexity index is 210. The van der Waals surface area contributed by atoms with E-state index in [1.807, 2.05) is 6.92 Å². The molecule has 1 aliphatic rings. The minimum Gasteiger partial charge on any atom is -0.227 e. The van der Waals surface area contributed by atoms with Crippen molar-refractivity contribution in [2.75, 3.05) is 5.75 Å². The highest BCUT2D eigenvalue weighted by molar-refractivity contribution is 7.93. The fourth-order valence-electron chi connectivity index (χ4n) is 1.18. The Morgan fingerprint density at radius 3 is 2.40 bits per heavy atom. The molecule has 1 saturated heterocycles. The standard InChI is InChI=1S/C6H11ClO2S/c1-5-2-3-6(7)10(8,9)4-5/h5-6H,2-4H2,1H3/t5-,6?/m1/s1. The molecular weight excluding hydrogens is 172 g/mol. The first kappa shape index (κ1) is 8.34. The van der Waals surface area contributed by atoms with Gasteiger partial charge in [-0.3, -0.25) is 0 Å². The molecule has 4 heteroatoms. The third-order valence-corrected chi connectivity index (χ3v) is 4.87. The smallest absolute Gasteiger partial charge is 0.167 e. The van der Waals surface area contributed by atoms with Gasteiger partial charge in [-0.1, -0.05) is 6.92 Å². The molecule has 0 saturated carbocycles. The number of halogens is 1. The van der Waals surface area contributed by atoms with E-state index in [0.717, 1.165) is 6.42 Å². The molecule has 0 aromatic heterocycles. The van der Waals surface area contributed by atoms with Crippen molar-refractivity contribution in [2.45, 2.75) is 24.5 Å². The summed E-state index contributed by atoms with van der Waals surface area (Å²) in [4.78, 5) is 0. The first-order valence-electron chi connectivity index (χ1n) is 3.38. The second kappa shape index (κ2) is 2.70. The molecule has 60 valence electrons. The molecule has 0 bridgehead atoms. The van der Waals surface area contributed by atoms with E-state index in [1.165, 1.54) is 0 Å². The van der Waals surface area contributed by atoms with E-state index in [9.17, 15) is 8.42 Å². The molecule has 1 rings (SSSR count). The number of sulfone groups is 1. The highest BCUT2D eigenvalue weighted by Crippen LogP contribution is 2.25. The van der Waals surface area contributed by atoms with Crippen molar-refractivity contribution < 1.29 is 8.42 Å². The van der Waals surface area contributed by atoms with Crippen LogP contribution >= 0.6 is 11.6 Å². The van der Waals surface area contributed by atoms with Crippen LogP contribution in [0.1, 0.15) is 19.8 Å². The largest absolute Gasteiger partial charge is 0.227 e. The molecule has 1 heterocycles. The predicted molar refractivity (Wildman–Crippen MR) is 41.8 cm³/mol. The van der Waals surface area contributed by atoms with Crippen LogP contribution in [0.2, 0.25) is 0 Å². The Morgan fingerprint density at radius 1 is 1.40 bits per heavy atom. The molecule has 0 aromatic carbocycles. The zero-order chi connectivity index (χ0) is 7.78. The van der Waals surface area contributed by atoms with Crippen molar-refractivity contribution in [2.24, 2.45) is 5.92 Å². The van der Waals surface area contributed by atoms with E-state index in [-0.39, 0.29) is 5.75 Å². The van der Waals surface area contributed by atoms with Gasteiger partial charge in [-0.25, -0.2) is 8.42 Å². The monoisotopic (exact) mass is 182 g/mol. The van der Waals surface area contributed by atoms with Crippen LogP contribution in [0.15, 0.2) is 0 Å². The molecule has 0 amide bonds. The van der Waals surface area contributed by atoms with Gasteiger partial charge in [-0.15, -0.1) is 11.6 Å². The zero-order valence-electron chi connectivity index (χ0n) is 5.88. The topological polar surface area (TPSA) is 34.1 Å². The second-order valence-electron chi connectivity index (χ2n) is 2.92. The highest BCUT2D eigenvalue weighted by atomic mass is 35.5. The molecule has 1 aliphatic heterocycles. The molecule has 10 heavy (non-hydrogen) atoms. The SMILES string of the molecule is C[C@@H]1CCC(Cl)S(=O)(=O)C1. The second-order valence-corrected chi connectivity index (χ2v) is 5.94. The lowest BCUT2D eigenvalue weighted by Crippen LogP contribution is -2.28. The van der Waals surface area contributed by atoms with Gasteiger partial charge in [-0.05, 0) is 18.8 Å². The molecule has 0 aromatic rings. The summed E-state index contributed by atoms with van der Waals surface area (Å²) in [6.45, 7) is 1.94.